The fraction of sp³-hybridized carbons (Fsp3) is 0.600. The highest BCUT2D eigenvalue weighted by Gasteiger charge is 2.33. The summed E-state index contributed by atoms with van der Waals surface area (Å²) in [6.45, 7) is 5.74. The van der Waals surface area contributed by atoms with Crippen LogP contribution in [0.4, 0.5) is 5.69 Å². The third kappa shape index (κ3) is 4.11. The molecule has 26 heavy (non-hydrogen) atoms. The van der Waals surface area contributed by atoms with Gasteiger partial charge in [-0.25, -0.2) is 0 Å². The molecule has 0 radical (unpaired) electrons. The number of carbonyl (C=O) groups excluding carboxylic acids is 2. The van der Waals surface area contributed by atoms with Gasteiger partial charge >= 0.3 is 0 Å². The lowest BCUT2D eigenvalue weighted by molar-refractivity contribution is -0.126. The Morgan fingerprint density at radius 2 is 1.88 bits per heavy atom. The van der Waals surface area contributed by atoms with Crippen LogP contribution >= 0.6 is 0 Å². The van der Waals surface area contributed by atoms with Gasteiger partial charge in [0.15, 0.2) is 11.5 Å². The van der Waals surface area contributed by atoms with Gasteiger partial charge in [0.05, 0.1) is 6.04 Å². The summed E-state index contributed by atoms with van der Waals surface area (Å²) < 4.78 is 11.1. The van der Waals surface area contributed by atoms with Gasteiger partial charge in [-0.2, -0.15) is 0 Å². The first kappa shape index (κ1) is 18.5. The molecule has 2 aliphatic rings. The van der Waals surface area contributed by atoms with Gasteiger partial charge in [0.2, 0.25) is 11.8 Å². The Labute approximate surface area is 154 Å². The van der Waals surface area contributed by atoms with Gasteiger partial charge in [0, 0.05) is 30.6 Å². The summed E-state index contributed by atoms with van der Waals surface area (Å²) in [5, 5.41) is 3.08. The van der Waals surface area contributed by atoms with Crippen molar-refractivity contribution in [3.05, 3.63) is 18.2 Å². The third-order valence-corrected chi connectivity index (χ3v) is 4.95. The molecular formula is C20H28N2O4. The van der Waals surface area contributed by atoms with Crippen LogP contribution in [0.15, 0.2) is 18.2 Å². The molecule has 6 nitrogen and oxygen atoms in total. The molecule has 0 aromatic heterocycles. The number of carbonyl (C=O) groups is 2. The summed E-state index contributed by atoms with van der Waals surface area (Å²) in [5.74, 6) is 1.52. The Kier molecular flexibility index (Phi) is 6.01. The molecule has 1 fully saturated rings. The molecule has 2 aliphatic heterocycles. The van der Waals surface area contributed by atoms with Crippen molar-refractivity contribution < 1.29 is 19.1 Å². The first-order valence-electron chi connectivity index (χ1n) is 9.62. The van der Waals surface area contributed by atoms with E-state index in [9.17, 15) is 9.59 Å². The number of rotatable bonds is 7. The number of hydrogen-bond acceptors (Lipinski definition) is 4. The molecule has 2 amide bonds. The van der Waals surface area contributed by atoms with Gasteiger partial charge in [-0.3, -0.25) is 9.59 Å². The molecule has 142 valence electrons. The van der Waals surface area contributed by atoms with Crippen LogP contribution in [0.2, 0.25) is 0 Å². The highest BCUT2D eigenvalue weighted by atomic mass is 16.6. The lowest BCUT2D eigenvalue weighted by Gasteiger charge is -2.23. The maximum Gasteiger partial charge on any atom is 0.229 e. The van der Waals surface area contributed by atoms with Crippen molar-refractivity contribution >= 4 is 17.5 Å². The average Bonchev–Trinajstić information content (AvgIpc) is 3.01. The quantitative estimate of drug-likeness (QED) is 0.812. The minimum absolute atomic E-state index is 0.0227. The maximum atomic E-state index is 12.5. The molecule has 6 heteroatoms. The van der Waals surface area contributed by atoms with Gasteiger partial charge in [0.1, 0.15) is 13.2 Å². The second kappa shape index (κ2) is 8.43. The van der Waals surface area contributed by atoms with Gasteiger partial charge in [0.25, 0.3) is 0 Å². The topological polar surface area (TPSA) is 67.9 Å². The van der Waals surface area contributed by atoms with Crippen molar-refractivity contribution in [2.45, 2.75) is 52.0 Å². The molecule has 2 heterocycles. The van der Waals surface area contributed by atoms with E-state index in [2.05, 4.69) is 19.2 Å². The molecule has 1 N–H and O–H groups in total. The van der Waals surface area contributed by atoms with E-state index in [1.807, 2.05) is 18.2 Å². The summed E-state index contributed by atoms with van der Waals surface area (Å²) in [4.78, 5) is 26.7. The first-order chi connectivity index (χ1) is 12.6. The van der Waals surface area contributed by atoms with E-state index in [1.54, 1.807) is 4.90 Å². The van der Waals surface area contributed by atoms with E-state index in [0.717, 1.165) is 31.4 Å². The van der Waals surface area contributed by atoms with Crippen molar-refractivity contribution in [2.75, 3.05) is 24.7 Å². The molecule has 0 bridgehead atoms. The van der Waals surface area contributed by atoms with Crippen LogP contribution in [0.3, 0.4) is 0 Å². The SMILES string of the molecule is CCCC(CCC)C(=O)NC1CC(=O)N(c2ccc3c(c2)OCCO3)C1. The second-order valence-electron chi connectivity index (χ2n) is 7.02. The summed E-state index contributed by atoms with van der Waals surface area (Å²) in [6.07, 6.45) is 4.11. The van der Waals surface area contributed by atoms with E-state index >= 15 is 0 Å². The molecule has 1 atom stereocenters. The second-order valence-corrected chi connectivity index (χ2v) is 7.02. The number of hydrogen-bond donors (Lipinski definition) is 1. The molecule has 3 rings (SSSR count). The van der Waals surface area contributed by atoms with Gasteiger partial charge in [-0.05, 0) is 25.0 Å². The normalized spacial score (nSPS) is 19.1. The monoisotopic (exact) mass is 360 g/mol. The Morgan fingerprint density at radius 3 is 2.58 bits per heavy atom. The van der Waals surface area contributed by atoms with Crippen molar-refractivity contribution in [1.29, 1.82) is 0 Å². The van der Waals surface area contributed by atoms with Crippen LogP contribution in [-0.2, 0) is 9.59 Å². The van der Waals surface area contributed by atoms with Crippen molar-refractivity contribution in [2.24, 2.45) is 5.92 Å². The third-order valence-electron chi connectivity index (χ3n) is 4.95. The van der Waals surface area contributed by atoms with Crippen LogP contribution in [0.5, 0.6) is 11.5 Å². The number of ether oxygens (including phenoxy) is 2. The summed E-state index contributed by atoms with van der Waals surface area (Å²) in [6, 6.07) is 5.40. The van der Waals surface area contributed by atoms with Gasteiger partial charge < -0.3 is 19.7 Å². The molecule has 1 saturated heterocycles. The molecule has 1 aromatic carbocycles. The molecule has 1 unspecified atom stereocenters. The predicted octanol–water partition coefficient (Wildman–Crippen LogP) is 2.90. The number of anilines is 1. The Morgan fingerprint density at radius 1 is 1.19 bits per heavy atom. The highest BCUT2D eigenvalue weighted by molar-refractivity contribution is 5.97. The highest BCUT2D eigenvalue weighted by Crippen LogP contribution is 2.35. The van der Waals surface area contributed by atoms with E-state index < -0.39 is 0 Å². The molecule has 0 saturated carbocycles. The number of fused-ring (bicyclic) bond motifs is 1. The van der Waals surface area contributed by atoms with Crippen LogP contribution in [0, 0.1) is 5.92 Å². The lowest BCUT2D eigenvalue weighted by Crippen LogP contribution is -2.40. The van der Waals surface area contributed by atoms with Crippen LogP contribution in [0.1, 0.15) is 46.0 Å². The van der Waals surface area contributed by atoms with Gasteiger partial charge in [-0.1, -0.05) is 26.7 Å². The number of nitrogens with one attached hydrogen (secondary N) is 1. The largest absolute Gasteiger partial charge is 0.486 e. The maximum absolute atomic E-state index is 12.5. The Hall–Kier alpha value is -2.24. The zero-order valence-electron chi connectivity index (χ0n) is 15.6. The first-order valence-corrected chi connectivity index (χ1v) is 9.62. The smallest absolute Gasteiger partial charge is 0.229 e. The molecule has 0 spiro atoms. The van der Waals surface area contributed by atoms with E-state index in [4.69, 9.17) is 9.47 Å². The summed E-state index contributed by atoms with van der Waals surface area (Å²) >= 11 is 0. The van der Waals surface area contributed by atoms with E-state index in [1.165, 1.54) is 0 Å². The zero-order chi connectivity index (χ0) is 18.5. The Balaban J connectivity index is 1.64. The van der Waals surface area contributed by atoms with Crippen molar-refractivity contribution in [3.8, 4) is 11.5 Å². The fourth-order valence-electron chi connectivity index (χ4n) is 3.68. The number of benzene rings is 1. The number of amides is 2. The molecule has 0 aliphatic carbocycles. The van der Waals surface area contributed by atoms with Crippen molar-refractivity contribution in [1.82, 2.24) is 5.32 Å². The average molecular weight is 360 g/mol. The fourth-order valence-corrected chi connectivity index (χ4v) is 3.68. The standard InChI is InChI=1S/C20H28N2O4/c1-3-5-14(6-4-2)20(24)21-15-11-19(23)22(13-15)16-7-8-17-18(12-16)26-10-9-25-17/h7-8,12,14-15H,3-6,9-11,13H2,1-2H3,(H,21,24). The molecular weight excluding hydrogens is 332 g/mol. The predicted molar refractivity (Wildman–Crippen MR) is 99.6 cm³/mol. The summed E-state index contributed by atoms with van der Waals surface area (Å²) in [5.41, 5.74) is 0.787. The van der Waals surface area contributed by atoms with Gasteiger partial charge in [-0.15, -0.1) is 0 Å². The summed E-state index contributed by atoms with van der Waals surface area (Å²) in [7, 11) is 0. The zero-order valence-corrected chi connectivity index (χ0v) is 15.6. The Bertz CT molecular complexity index is 655. The van der Waals surface area contributed by atoms with E-state index in [0.29, 0.717) is 37.7 Å². The minimum Gasteiger partial charge on any atom is -0.486 e. The van der Waals surface area contributed by atoms with Crippen LogP contribution in [-0.4, -0.2) is 37.6 Å². The lowest BCUT2D eigenvalue weighted by atomic mass is 9.97. The number of nitrogens with zero attached hydrogens (tertiary/aromatic N) is 1. The van der Waals surface area contributed by atoms with E-state index in [-0.39, 0.29) is 23.8 Å². The molecule has 1 aromatic rings. The van der Waals surface area contributed by atoms with Crippen molar-refractivity contribution in [3.63, 3.8) is 0 Å². The van der Waals surface area contributed by atoms with Crippen LogP contribution < -0.4 is 19.7 Å². The minimum atomic E-state index is -0.139. The van der Waals surface area contributed by atoms with Crippen LogP contribution in [0.25, 0.3) is 0 Å².